The summed E-state index contributed by atoms with van der Waals surface area (Å²) in [6.07, 6.45) is 3.28. The van der Waals surface area contributed by atoms with Crippen molar-refractivity contribution in [2.24, 2.45) is 0 Å². The van der Waals surface area contributed by atoms with Gasteiger partial charge in [0.25, 0.3) is 0 Å². The Hall–Kier alpha value is -0.630. The first-order valence-electron chi connectivity index (χ1n) is 4.34. The summed E-state index contributed by atoms with van der Waals surface area (Å²) in [5.74, 6) is -0.185. The minimum atomic E-state index is -0.0927. The van der Waals surface area contributed by atoms with Crippen LogP contribution in [0.2, 0.25) is 0 Å². The molecule has 0 radical (unpaired) electrons. The second-order valence-electron chi connectivity index (χ2n) is 3.29. The van der Waals surface area contributed by atoms with Crippen molar-refractivity contribution in [2.75, 3.05) is 12.3 Å². The molecule has 2 heterocycles. The molecule has 0 aromatic rings. The maximum absolute atomic E-state index is 10.4. The SMILES string of the molecule is O=C1CC(CPCC2CC(=O)O2)O1. The number of ether oxygens (including phenoxy) is 2. The molecule has 4 nitrogen and oxygen atoms in total. The molecule has 0 amide bonds. The summed E-state index contributed by atoms with van der Waals surface area (Å²) in [5.41, 5.74) is 0. The smallest absolute Gasteiger partial charge is 0.309 e. The van der Waals surface area contributed by atoms with Crippen molar-refractivity contribution in [3.05, 3.63) is 0 Å². The molecular weight excluding hydrogens is 191 g/mol. The normalized spacial score (nSPS) is 32.3. The van der Waals surface area contributed by atoms with Crippen molar-refractivity contribution in [1.29, 1.82) is 0 Å². The molecule has 0 bridgehead atoms. The second kappa shape index (κ2) is 3.62. The topological polar surface area (TPSA) is 52.6 Å². The van der Waals surface area contributed by atoms with Gasteiger partial charge in [-0.3, -0.25) is 9.59 Å². The van der Waals surface area contributed by atoms with Crippen LogP contribution in [0.25, 0.3) is 0 Å². The Morgan fingerprint density at radius 3 is 1.77 bits per heavy atom. The number of hydrogen-bond donors (Lipinski definition) is 0. The Labute approximate surface area is 77.7 Å². The molecule has 2 rings (SSSR count). The molecule has 2 fully saturated rings. The Bertz CT molecular complexity index is 200. The van der Waals surface area contributed by atoms with E-state index in [-0.39, 0.29) is 24.1 Å². The van der Waals surface area contributed by atoms with Crippen LogP contribution in [-0.4, -0.2) is 36.5 Å². The van der Waals surface area contributed by atoms with Crippen molar-refractivity contribution in [3.8, 4) is 0 Å². The zero-order chi connectivity index (χ0) is 9.26. The highest BCUT2D eigenvalue weighted by Crippen LogP contribution is 2.26. The molecule has 5 heteroatoms. The highest BCUT2D eigenvalue weighted by molar-refractivity contribution is 7.38. The predicted molar refractivity (Wildman–Crippen MR) is 47.0 cm³/mol. The van der Waals surface area contributed by atoms with Gasteiger partial charge in [0.05, 0.1) is 12.8 Å². The summed E-state index contributed by atoms with van der Waals surface area (Å²) in [6, 6.07) is 0. The van der Waals surface area contributed by atoms with Crippen molar-refractivity contribution < 1.29 is 19.1 Å². The Kier molecular flexibility index (Phi) is 2.49. The van der Waals surface area contributed by atoms with E-state index in [1.54, 1.807) is 0 Å². The van der Waals surface area contributed by atoms with Gasteiger partial charge in [0.1, 0.15) is 12.2 Å². The molecular formula is C8H11O4P. The largest absolute Gasteiger partial charge is 0.461 e. The summed E-state index contributed by atoms with van der Waals surface area (Å²) in [4.78, 5) is 20.9. The molecule has 2 unspecified atom stereocenters. The Balaban J connectivity index is 1.50. The number of rotatable bonds is 4. The summed E-state index contributed by atoms with van der Waals surface area (Å²) < 4.78 is 9.71. The van der Waals surface area contributed by atoms with Crippen LogP contribution in [0.15, 0.2) is 0 Å². The van der Waals surface area contributed by atoms with Crippen LogP contribution in [0.5, 0.6) is 0 Å². The van der Waals surface area contributed by atoms with E-state index < -0.39 is 0 Å². The third kappa shape index (κ3) is 2.19. The first-order valence-corrected chi connectivity index (χ1v) is 5.75. The van der Waals surface area contributed by atoms with Crippen LogP contribution in [0.4, 0.5) is 0 Å². The number of carbonyl (C=O) groups excluding carboxylic acids is 2. The first-order chi connectivity index (χ1) is 6.24. The maximum atomic E-state index is 10.4. The molecule has 2 aliphatic rings. The van der Waals surface area contributed by atoms with Gasteiger partial charge in [-0.2, -0.15) is 0 Å². The molecule has 2 aliphatic heterocycles. The van der Waals surface area contributed by atoms with Gasteiger partial charge in [-0.05, 0) is 0 Å². The predicted octanol–water partition coefficient (Wildman–Crippen LogP) is 0.296. The Morgan fingerprint density at radius 1 is 1.08 bits per heavy atom. The van der Waals surface area contributed by atoms with Gasteiger partial charge in [0, 0.05) is 12.3 Å². The van der Waals surface area contributed by atoms with Gasteiger partial charge in [0.15, 0.2) is 0 Å². The summed E-state index contributed by atoms with van der Waals surface area (Å²) in [6.45, 7) is 0. The summed E-state index contributed by atoms with van der Waals surface area (Å²) >= 11 is 0. The van der Waals surface area contributed by atoms with Gasteiger partial charge < -0.3 is 9.47 Å². The van der Waals surface area contributed by atoms with Crippen molar-refractivity contribution in [1.82, 2.24) is 0 Å². The highest BCUT2D eigenvalue weighted by atomic mass is 31.1. The van der Waals surface area contributed by atoms with E-state index >= 15 is 0 Å². The standard InChI is InChI=1S/C8H11O4P/c9-7-1-5(11-7)3-13-4-6-2-8(10)12-6/h5-6,13H,1-4H2. The quantitative estimate of drug-likeness (QED) is 0.486. The Morgan fingerprint density at radius 2 is 1.46 bits per heavy atom. The lowest BCUT2D eigenvalue weighted by atomic mass is 10.2. The third-order valence-corrected chi connectivity index (χ3v) is 3.62. The average molecular weight is 202 g/mol. The van der Waals surface area contributed by atoms with Crippen LogP contribution in [0.1, 0.15) is 12.8 Å². The van der Waals surface area contributed by atoms with E-state index in [4.69, 9.17) is 9.47 Å². The fraction of sp³-hybridized carbons (Fsp3) is 0.750. The van der Waals surface area contributed by atoms with Crippen LogP contribution in [-0.2, 0) is 19.1 Å². The van der Waals surface area contributed by atoms with Crippen molar-refractivity contribution in [3.63, 3.8) is 0 Å². The van der Waals surface area contributed by atoms with E-state index in [0.717, 1.165) is 20.9 Å². The second-order valence-corrected chi connectivity index (χ2v) is 4.61. The van der Waals surface area contributed by atoms with E-state index in [1.165, 1.54) is 0 Å². The van der Waals surface area contributed by atoms with Gasteiger partial charge in [-0.15, -0.1) is 8.58 Å². The highest BCUT2D eigenvalue weighted by Gasteiger charge is 2.30. The van der Waals surface area contributed by atoms with E-state index in [0.29, 0.717) is 12.8 Å². The fourth-order valence-electron chi connectivity index (χ4n) is 1.36. The van der Waals surface area contributed by atoms with Crippen LogP contribution in [0.3, 0.4) is 0 Å². The maximum Gasteiger partial charge on any atom is 0.309 e. The lowest BCUT2D eigenvalue weighted by Crippen LogP contribution is -2.36. The minimum absolute atomic E-state index is 0.0927. The van der Waals surface area contributed by atoms with E-state index in [1.807, 2.05) is 0 Å². The van der Waals surface area contributed by atoms with Gasteiger partial charge in [0.2, 0.25) is 0 Å². The van der Waals surface area contributed by atoms with E-state index in [2.05, 4.69) is 0 Å². The van der Waals surface area contributed by atoms with Crippen molar-refractivity contribution in [2.45, 2.75) is 25.0 Å². The summed E-state index contributed by atoms with van der Waals surface area (Å²) in [5, 5.41) is 0. The molecule has 0 aliphatic carbocycles. The number of esters is 2. The molecule has 0 aromatic heterocycles. The number of hydrogen-bond acceptors (Lipinski definition) is 4. The monoisotopic (exact) mass is 202 g/mol. The lowest BCUT2D eigenvalue weighted by molar-refractivity contribution is -0.167. The average Bonchev–Trinajstić information content (AvgIpc) is 1.97. The van der Waals surface area contributed by atoms with Gasteiger partial charge in [-0.25, -0.2) is 0 Å². The molecule has 0 N–H and O–H groups in total. The number of carbonyl (C=O) groups is 2. The van der Waals surface area contributed by atoms with Crippen LogP contribution < -0.4 is 0 Å². The molecule has 0 spiro atoms. The zero-order valence-electron chi connectivity index (χ0n) is 7.12. The minimum Gasteiger partial charge on any atom is -0.461 e. The van der Waals surface area contributed by atoms with Crippen LogP contribution in [0, 0.1) is 0 Å². The first kappa shape index (κ1) is 8.95. The van der Waals surface area contributed by atoms with E-state index in [9.17, 15) is 9.59 Å². The van der Waals surface area contributed by atoms with Crippen molar-refractivity contribution >= 4 is 20.5 Å². The zero-order valence-corrected chi connectivity index (χ0v) is 8.12. The fourth-order valence-corrected chi connectivity index (χ4v) is 2.62. The molecule has 2 atom stereocenters. The van der Waals surface area contributed by atoms with Gasteiger partial charge in [-0.1, -0.05) is 0 Å². The summed E-state index contributed by atoms with van der Waals surface area (Å²) in [7, 11) is 0.734. The molecule has 72 valence electrons. The molecule has 2 saturated heterocycles. The third-order valence-electron chi connectivity index (χ3n) is 2.13. The molecule has 0 aromatic carbocycles. The van der Waals surface area contributed by atoms with Gasteiger partial charge >= 0.3 is 11.9 Å². The molecule has 0 saturated carbocycles. The lowest BCUT2D eigenvalue weighted by Gasteiger charge is -2.28. The number of cyclic esters (lactones) is 2. The van der Waals surface area contributed by atoms with Crippen LogP contribution >= 0.6 is 8.58 Å². The molecule has 13 heavy (non-hydrogen) atoms.